The first-order valence-corrected chi connectivity index (χ1v) is 8.68. The van der Waals surface area contributed by atoms with Crippen molar-refractivity contribution in [3.8, 4) is 0 Å². The van der Waals surface area contributed by atoms with Crippen LogP contribution in [-0.2, 0) is 4.79 Å². The summed E-state index contributed by atoms with van der Waals surface area (Å²) in [5.41, 5.74) is 1.57. The molecular weight excluding hydrogens is 340 g/mol. The molecule has 2 N–H and O–H groups in total. The highest BCUT2D eigenvalue weighted by molar-refractivity contribution is 7.17. The number of likely N-dealkylation sites (tertiary alicyclic amines) is 1. The second-order valence-corrected chi connectivity index (χ2v) is 6.68. The number of nitrogens with one attached hydrogen (secondary N) is 2. The molecule has 4 heterocycles. The average Bonchev–Trinajstić information content (AvgIpc) is 3.24. The lowest BCUT2D eigenvalue weighted by atomic mass is 10.00. The second kappa shape index (κ2) is 6.52. The van der Waals surface area contributed by atoms with Gasteiger partial charge < -0.3 is 20.1 Å². The topological polar surface area (TPSA) is 96.2 Å². The summed E-state index contributed by atoms with van der Waals surface area (Å²) in [4.78, 5) is 22.3. The van der Waals surface area contributed by atoms with Gasteiger partial charge in [-0.2, -0.15) is 4.98 Å². The predicted octanol–water partition coefficient (Wildman–Crippen LogP) is 2.48. The van der Waals surface area contributed by atoms with E-state index < -0.39 is 0 Å². The molecule has 25 heavy (non-hydrogen) atoms. The molecule has 0 unspecified atom stereocenters. The Balaban J connectivity index is 1.46. The van der Waals surface area contributed by atoms with E-state index in [2.05, 4.69) is 32.3 Å². The number of fused-ring (bicyclic) bond motifs is 1. The number of anilines is 3. The highest BCUT2D eigenvalue weighted by Crippen LogP contribution is 2.29. The molecule has 0 bridgehead atoms. The van der Waals surface area contributed by atoms with Gasteiger partial charge in [-0.15, -0.1) is 11.3 Å². The van der Waals surface area contributed by atoms with Crippen molar-refractivity contribution in [1.82, 2.24) is 20.0 Å². The summed E-state index contributed by atoms with van der Waals surface area (Å²) in [5, 5.41) is 12.1. The molecule has 0 radical (unpaired) electrons. The van der Waals surface area contributed by atoms with Gasteiger partial charge >= 0.3 is 0 Å². The van der Waals surface area contributed by atoms with Crippen LogP contribution in [0.5, 0.6) is 0 Å². The van der Waals surface area contributed by atoms with Crippen LogP contribution >= 0.6 is 11.3 Å². The molecule has 8 nitrogen and oxygen atoms in total. The van der Waals surface area contributed by atoms with Gasteiger partial charge in [0, 0.05) is 25.6 Å². The summed E-state index contributed by atoms with van der Waals surface area (Å²) < 4.78 is 5.82. The molecule has 0 saturated carbocycles. The standard InChI is InChI=1S/C16H16N6O2S/c1-2-13(23)22-7-10(8-22)5-17-15-14-12(3-4-25-14)20-16(21-15)19-11-6-18-24-9-11/h2-4,6,9-10H,1,5,7-8H2,(H2,17,19,20,21). The lowest BCUT2D eigenvalue weighted by Crippen LogP contribution is -2.51. The fourth-order valence-electron chi connectivity index (χ4n) is 2.68. The maximum atomic E-state index is 11.5. The Hall–Kier alpha value is -2.94. The molecule has 1 aliphatic rings. The summed E-state index contributed by atoms with van der Waals surface area (Å²) in [6.45, 7) is 5.73. The maximum Gasteiger partial charge on any atom is 0.245 e. The van der Waals surface area contributed by atoms with Crippen molar-refractivity contribution in [1.29, 1.82) is 0 Å². The number of thiophene rings is 1. The Labute approximate surface area is 147 Å². The summed E-state index contributed by atoms with van der Waals surface area (Å²) in [7, 11) is 0. The number of carbonyl (C=O) groups excluding carboxylic acids is 1. The van der Waals surface area contributed by atoms with E-state index in [1.807, 2.05) is 11.4 Å². The highest BCUT2D eigenvalue weighted by atomic mass is 32.1. The zero-order valence-corrected chi connectivity index (χ0v) is 14.1. The van der Waals surface area contributed by atoms with Gasteiger partial charge in [-0.05, 0) is 17.5 Å². The van der Waals surface area contributed by atoms with Crippen molar-refractivity contribution in [2.24, 2.45) is 5.92 Å². The van der Waals surface area contributed by atoms with Crippen molar-refractivity contribution in [2.75, 3.05) is 30.3 Å². The number of carbonyl (C=O) groups is 1. The second-order valence-electron chi connectivity index (χ2n) is 5.76. The summed E-state index contributed by atoms with van der Waals surface area (Å²) >= 11 is 1.59. The van der Waals surface area contributed by atoms with Crippen LogP contribution in [0.2, 0.25) is 0 Å². The van der Waals surface area contributed by atoms with Crippen LogP contribution in [0.4, 0.5) is 17.5 Å². The molecular formula is C16H16N6O2S. The molecule has 1 aliphatic heterocycles. The first kappa shape index (κ1) is 15.6. The number of amides is 1. The van der Waals surface area contributed by atoms with Gasteiger partial charge in [-0.3, -0.25) is 4.79 Å². The average molecular weight is 356 g/mol. The Morgan fingerprint density at radius 2 is 2.36 bits per heavy atom. The van der Waals surface area contributed by atoms with Gasteiger partial charge in [0.2, 0.25) is 11.9 Å². The smallest absolute Gasteiger partial charge is 0.245 e. The number of nitrogens with zero attached hydrogens (tertiary/aromatic N) is 4. The van der Waals surface area contributed by atoms with Crippen molar-refractivity contribution >= 4 is 44.9 Å². The van der Waals surface area contributed by atoms with Gasteiger partial charge in [-0.25, -0.2) is 4.98 Å². The van der Waals surface area contributed by atoms with E-state index in [1.165, 1.54) is 12.3 Å². The minimum Gasteiger partial charge on any atom is -0.368 e. The molecule has 3 aromatic heterocycles. The normalized spacial score (nSPS) is 14.3. The maximum absolute atomic E-state index is 11.5. The lowest BCUT2D eigenvalue weighted by molar-refractivity contribution is -0.131. The largest absolute Gasteiger partial charge is 0.368 e. The molecule has 4 rings (SSSR count). The van der Waals surface area contributed by atoms with Crippen LogP contribution in [0.1, 0.15) is 0 Å². The van der Waals surface area contributed by atoms with Gasteiger partial charge in [0.15, 0.2) is 0 Å². The van der Waals surface area contributed by atoms with Crippen LogP contribution in [0.25, 0.3) is 10.2 Å². The third-order valence-corrected chi connectivity index (χ3v) is 4.90. The molecule has 0 aliphatic carbocycles. The third kappa shape index (κ3) is 3.18. The summed E-state index contributed by atoms with van der Waals surface area (Å²) in [6.07, 6.45) is 4.41. The fraction of sp³-hybridized carbons (Fsp3) is 0.250. The van der Waals surface area contributed by atoms with Gasteiger partial charge in [0.1, 0.15) is 17.8 Å². The van der Waals surface area contributed by atoms with E-state index in [9.17, 15) is 4.79 Å². The summed E-state index contributed by atoms with van der Waals surface area (Å²) in [6, 6.07) is 1.96. The highest BCUT2D eigenvalue weighted by Gasteiger charge is 2.29. The Kier molecular flexibility index (Phi) is 4.06. The molecule has 1 fully saturated rings. The van der Waals surface area contributed by atoms with E-state index in [0.29, 0.717) is 17.6 Å². The fourth-order valence-corrected chi connectivity index (χ4v) is 3.48. The SMILES string of the molecule is C=CC(=O)N1CC(CNc2nc(Nc3cnoc3)nc3ccsc23)C1. The Bertz CT molecular complexity index is 901. The van der Waals surface area contributed by atoms with Crippen LogP contribution in [0.15, 0.2) is 41.1 Å². The quantitative estimate of drug-likeness (QED) is 0.655. The zero-order chi connectivity index (χ0) is 17.2. The predicted molar refractivity (Wildman–Crippen MR) is 96.0 cm³/mol. The first-order valence-electron chi connectivity index (χ1n) is 7.80. The molecule has 0 spiro atoms. The van der Waals surface area contributed by atoms with Crippen molar-refractivity contribution < 1.29 is 9.32 Å². The van der Waals surface area contributed by atoms with Crippen LogP contribution in [-0.4, -0.2) is 45.6 Å². The van der Waals surface area contributed by atoms with E-state index in [1.54, 1.807) is 22.4 Å². The molecule has 128 valence electrons. The minimum absolute atomic E-state index is 0.0147. The van der Waals surface area contributed by atoms with Crippen molar-refractivity contribution in [3.63, 3.8) is 0 Å². The third-order valence-electron chi connectivity index (χ3n) is 3.99. The van der Waals surface area contributed by atoms with E-state index in [0.717, 1.165) is 35.7 Å². The lowest BCUT2D eigenvalue weighted by Gasteiger charge is -2.38. The van der Waals surface area contributed by atoms with Crippen molar-refractivity contribution in [3.05, 3.63) is 36.6 Å². The van der Waals surface area contributed by atoms with Gasteiger partial charge in [0.25, 0.3) is 0 Å². The van der Waals surface area contributed by atoms with Crippen LogP contribution in [0.3, 0.4) is 0 Å². The zero-order valence-electron chi connectivity index (χ0n) is 13.3. The minimum atomic E-state index is -0.0147. The molecule has 9 heteroatoms. The van der Waals surface area contributed by atoms with Gasteiger partial charge in [0.05, 0.1) is 16.4 Å². The van der Waals surface area contributed by atoms with Gasteiger partial charge in [-0.1, -0.05) is 11.7 Å². The van der Waals surface area contributed by atoms with Crippen LogP contribution < -0.4 is 10.6 Å². The molecule has 1 amide bonds. The van der Waals surface area contributed by atoms with E-state index in [4.69, 9.17) is 4.52 Å². The molecule has 0 atom stereocenters. The van der Waals surface area contributed by atoms with Crippen molar-refractivity contribution in [2.45, 2.75) is 0 Å². The molecule has 3 aromatic rings. The van der Waals surface area contributed by atoms with Crippen LogP contribution in [0, 0.1) is 5.92 Å². The number of rotatable bonds is 6. The monoisotopic (exact) mass is 356 g/mol. The molecule has 0 aromatic carbocycles. The number of aromatic nitrogens is 3. The number of hydrogen-bond acceptors (Lipinski definition) is 8. The number of hydrogen-bond donors (Lipinski definition) is 2. The summed E-state index contributed by atoms with van der Waals surface area (Å²) in [5.74, 6) is 1.66. The van der Waals surface area contributed by atoms with E-state index in [-0.39, 0.29) is 5.91 Å². The Morgan fingerprint density at radius 1 is 1.48 bits per heavy atom. The van der Waals surface area contributed by atoms with E-state index >= 15 is 0 Å². The molecule has 1 saturated heterocycles. The first-order chi connectivity index (χ1) is 12.2. The Morgan fingerprint density at radius 3 is 3.12 bits per heavy atom.